The van der Waals surface area contributed by atoms with Crippen molar-refractivity contribution in [3.8, 4) is 5.69 Å². The van der Waals surface area contributed by atoms with Gasteiger partial charge in [0.15, 0.2) is 5.69 Å². The molecule has 2 heterocycles. The molecule has 2 N–H and O–H groups in total. The molecule has 134 valence electrons. The van der Waals surface area contributed by atoms with Crippen molar-refractivity contribution in [2.24, 2.45) is 0 Å². The number of rotatable bonds is 6. The van der Waals surface area contributed by atoms with E-state index in [1.807, 2.05) is 31.2 Å². The maximum Gasteiger partial charge on any atom is 0.273 e. The minimum atomic E-state index is -0.201. The van der Waals surface area contributed by atoms with Crippen molar-refractivity contribution in [3.05, 3.63) is 41.7 Å². The number of nitrogens with zero attached hydrogens (tertiary/aromatic N) is 4. The summed E-state index contributed by atoms with van der Waals surface area (Å²) in [5.41, 5.74) is 2.34. The number of hydrogen-bond acceptors (Lipinski definition) is 5. The fourth-order valence-corrected chi connectivity index (χ4v) is 3.00. The third kappa shape index (κ3) is 4.87. The topological polar surface area (TPSA) is 83.3 Å². The molecule has 1 aliphatic rings. The van der Waals surface area contributed by atoms with E-state index in [9.17, 15) is 9.90 Å². The Bertz CT molecular complexity index is 707. The molecular weight excluding hydrogens is 318 g/mol. The van der Waals surface area contributed by atoms with E-state index < -0.39 is 0 Å². The second kappa shape index (κ2) is 8.22. The van der Waals surface area contributed by atoms with Gasteiger partial charge < -0.3 is 15.3 Å². The molecule has 1 aliphatic heterocycles. The highest BCUT2D eigenvalue weighted by molar-refractivity contribution is 5.91. The number of aliphatic hydroxyl groups excluding tert-OH is 1. The fourth-order valence-electron chi connectivity index (χ4n) is 3.00. The highest BCUT2D eigenvalue weighted by Crippen LogP contribution is 2.10. The van der Waals surface area contributed by atoms with Crippen molar-refractivity contribution >= 4 is 5.91 Å². The van der Waals surface area contributed by atoms with Gasteiger partial charge in [-0.25, -0.2) is 4.68 Å². The summed E-state index contributed by atoms with van der Waals surface area (Å²) in [5.74, 6) is -0.201. The molecular formula is C18H25N5O2. The average Bonchev–Trinajstić information content (AvgIpc) is 3.10. The molecule has 0 unspecified atom stereocenters. The van der Waals surface area contributed by atoms with Crippen LogP contribution in [0.2, 0.25) is 0 Å². The number of likely N-dealkylation sites (tertiary alicyclic amines) is 1. The van der Waals surface area contributed by atoms with Crippen molar-refractivity contribution in [2.45, 2.75) is 32.3 Å². The van der Waals surface area contributed by atoms with Gasteiger partial charge in [0, 0.05) is 19.6 Å². The number of carbonyl (C=O) groups is 1. The smallest absolute Gasteiger partial charge is 0.273 e. The number of aromatic nitrogens is 3. The van der Waals surface area contributed by atoms with Crippen molar-refractivity contribution in [1.82, 2.24) is 25.2 Å². The van der Waals surface area contributed by atoms with Crippen molar-refractivity contribution in [1.29, 1.82) is 0 Å². The summed E-state index contributed by atoms with van der Waals surface area (Å²) < 4.78 is 1.61. The second-order valence-corrected chi connectivity index (χ2v) is 6.57. The van der Waals surface area contributed by atoms with Crippen LogP contribution < -0.4 is 5.32 Å². The zero-order valence-electron chi connectivity index (χ0n) is 14.6. The van der Waals surface area contributed by atoms with Crippen LogP contribution in [0.25, 0.3) is 5.69 Å². The number of hydrogen-bond donors (Lipinski definition) is 2. The number of aliphatic hydroxyl groups is 1. The molecule has 1 aromatic carbocycles. The second-order valence-electron chi connectivity index (χ2n) is 6.57. The van der Waals surface area contributed by atoms with E-state index in [1.165, 1.54) is 0 Å². The molecule has 1 amide bonds. The van der Waals surface area contributed by atoms with E-state index in [0.29, 0.717) is 12.2 Å². The highest BCUT2D eigenvalue weighted by atomic mass is 16.3. The summed E-state index contributed by atoms with van der Waals surface area (Å²) in [6, 6.07) is 7.88. The molecule has 7 nitrogen and oxygen atoms in total. The molecule has 25 heavy (non-hydrogen) atoms. The number of piperidine rings is 1. The minimum Gasteiger partial charge on any atom is -0.393 e. The summed E-state index contributed by atoms with van der Waals surface area (Å²) in [7, 11) is 0. The van der Waals surface area contributed by atoms with E-state index in [4.69, 9.17) is 0 Å². The van der Waals surface area contributed by atoms with Gasteiger partial charge in [-0.15, -0.1) is 5.10 Å². The monoisotopic (exact) mass is 343 g/mol. The number of aryl methyl sites for hydroxylation is 1. The molecule has 7 heteroatoms. The SMILES string of the molecule is Cc1cccc(-n2cc(C(=O)NCCCN3CCC(O)CC3)nn2)c1. The molecule has 0 saturated carbocycles. The zero-order valence-corrected chi connectivity index (χ0v) is 14.6. The Balaban J connectivity index is 1.44. The standard InChI is InChI=1S/C18H25N5O2/c1-14-4-2-5-15(12-14)23-13-17(20-21-23)18(25)19-8-3-9-22-10-6-16(24)7-11-22/h2,4-5,12-13,16,24H,3,6-11H2,1H3,(H,19,25). The predicted octanol–water partition coefficient (Wildman–Crippen LogP) is 1.15. The highest BCUT2D eigenvalue weighted by Gasteiger charge is 2.16. The van der Waals surface area contributed by atoms with Gasteiger partial charge in [0.05, 0.1) is 18.0 Å². The van der Waals surface area contributed by atoms with E-state index in [2.05, 4.69) is 20.5 Å². The van der Waals surface area contributed by atoms with Gasteiger partial charge in [0.25, 0.3) is 5.91 Å². The van der Waals surface area contributed by atoms with Gasteiger partial charge in [-0.1, -0.05) is 17.3 Å². The molecule has 1 saturated heterocycles. The van der Waals surface area contributed by atoms with Crippen molar-refractivity contribution in [3.63, 3.8) is 0 Å². The van der Waals surface area contributed by atoms with Crippen molar-refractivity contribution in [2.75, 3.05) is 26.2 Å². The average molecular weight is 343 g/mol. The lowest BCUT2D eigenvalue weighted by Crippen LogP contribution is -2.37. The molecule has 1 fully saturated rings. The summed E-state index contributed by atoms with van der Waals surface area (Å²) in [5, 5.41) is 20.4. The molecule has 0 radical (unpaired) electrons. The van der Waals surface area contributed by atoms with Crippen LogP contribution in [0.15, 0.2) is 30.5 Å². The molecule has 1 aromatic heterocycles. The molecule has 0 bridgehead atoms. The molecule has 0 spiro atoms. The molecule has 0 atom stereocenters. The lowest BCUT2D eigenvalue weighted by Gasteiger charge is -2.29. The normalized spacial score (nSPS) is 16.1. The van der Waals surface area contributed by atoms with E-state index >= 15 is 0 Å². The Labute approximate surface area is 147 Å². The fraction of sp³-hybridized carbons (Fsp3) is 0.500. The first-order chi connectivity index (χ1) is 12.1. The number of amides is 1. The van der Waals surface area contributed by atoms with Crippen molar-refractivity contribution < 1.29 is 9.90 Å². The maximum absolute atomic E-state index is 12.2. The first-order valence-electron chi connectivity index (χ1n) is 8.80. The van der Waals surface area contributed by atoms with Gasteiger partial charge in [0.2, 0.25) is 0 Å². The van der Waals surface area contributed by atoms with Gasteiger partial charge in [-0.2, -0.15) is 0 Å². The van der Waals surface area contributed by atoms with Crippen LogP contribution in [0, 0.1) is 6.92 Å². The zero-order chi connectivity index (χ0) is 17.6. The van der Waals surface area contributed by atoms with Crippen LogP contribution >= 0.6 is 0 Å². The summed E-state index contributed by atoms with van der Waals surface area (Å²) in [4.78, 5) is 14.5. The number of nitrogens with one attached hydrogen (secondary N) is 1. The Kier molecular flexibility index (Phi) is 5.78. The largest absolute Gasteiger partial charge is 0.393 e. The van der Waals surface area contributed by atoms with Gasteiger partial charge >= 0.3 is 0 Å². The summed E-state index contributed by atoms with van der Waals surface area (Å²) in [6.07, 6.45) is 4.07. The predicted molar refractivity (Wildman–Crippen MR) is 94.7 cm³/mol. The first kappa shape index (κ1) is 17.6. The van der Waals surface area contributed by atoms with Crippen LogP contribution in [0.5, 0.6) is 0 Å². The van der Waals surface area contributed by atoms with Crippen LogP contribution in [0.3, 0.4) is 0 Å². The quantitative estimate of drug-likeness (QED) is 0.769. The van der Waals surface area contributed by atoms with Crippen LogP contribution in [-0.2, 0) is 0 Å². The summed E-state index contributed by atoms with van der Waals surface area (Å²) in [6.45, 7) is 5.41. The lowest BCUT2D eigenvalue weighted by molar-refractivity contribution is 0.0816. The molecule has 2 aromatic rings. The van der Waals surface area contributed by atoms with Gasteiger partial charge in [-0.05, 0) is 50.4 Å². The Morgan fingerprint density at radius 3 is 2.92 bits per heavy atom. The van der Waals surface area contributed by atoms with E-state index in [1.54, 1.807) is 10.9 Å². The van der Waals surface area contributed by atoms with Gasteiger partial charge in [-0.3, -0.25) is 4.79 Å². The van der Waals surface area contributed by atoms with Gasteiger partial charge in [0.1, 0.15) is 0 Å². The third-order valence-corrected chi connectivity index (χ3v) is 4.49. The van der Waals surface area contributed by atoms with Crippen LogP contribution in [0.1, 0.15) is 35.3 Å². The van der Waals surface area contributed by atoms with Crippen LogP contribution in [-0.4, -0.2) is 63.2 Å². The van der Waals surface area contributed by atoms with Crippen LogP contribution in [0.4, 0.5) is 0 Å². The summed E-state index contributed by atoms with van der Waals surface area (Å²) >= 11 is 0. The first-order valence-corrected chi connectivity index (χ1v) is 8.80. The Morgan fingerprint density at radius 1 is 1.36 bits per heavy atom. The lowest BCUT2D eigenvalue weighted by atomic mass is 10.1. The van der Waals surface area contributed by atoms with E-state index in [-0.39, 0.29) is 12.0 Å². The Morgan fingerprint density at radius 2 is 2.16 bits per heavy atom. The number of carbonyl (C=O) groups excluding carboxylic acids is 1. The van der Waals surface area contributed by atoms with E-state index in [0.717, 1.165) is 50.1 Å². The minimum absolute atomic E-state index is 0.146. The maximum atomic E-state index is 12.2. The number of benzene rings is 1. The molecule has 3 rings (SSSR count). The Hall–Kier alpha value is -2.25. The third-order valence-electron chi connectivity index (χ3n) is 4.49. The molecule has 0 aliphatic carbocycles.